The second-order valence-electron chi connectivity index (χ2n) is 5.83. The molecule has 0 radical (unpaired) electrons. The molecule has 0 atom stereocenters. The van der Waals surface area contributed by atoms with E-state index < -0.39 is 0 Å². The Morgan fingerprint density at radius 1 is 1.35 bits per heavy atom. The summed E-state index contributed by atoms with van der Waals surface area (Å²) < 4.78 is 5.42. The lowest BCUT2D eigenvalue weighted by atomic mass is 10.3. The summed E-state index contributed by atoms with van der Waals surface area (Å²) >= 11 is 7.80. The molecule has 0 aromatic carbocycles. The average Bonchev–Trinajstić information content (AvgIpc) is 2.94. The Bertz CT molecular complexity index is 657. The third kappa shape index (κ3) is 4.30. The number of thiophene rings is 1. The zero-order chi connectivity index (χ0) is 16.2. The second-order valence-corrected chi connectivity index (χ2v) is 7.28. The summed E-state index contributed by atoms with van der Waals surface area (Å²) in [7, 11) is 4.15. The smallest absolute Gasteiger partial charge is 0.225 e. The maximum absolute atomic E-state index is 6.12. The van der Waals surface area contributed by atoms with Crippen LogP contribution >= 0.6 is 22.9 Å². The average molecular weight is 356 g/mol. The molecular formula is C15H22ClN5OS. The number of hydrogen-bond acceptors (Lipinski definition) is 7. The Morgan fingerprint density at radius 2 is 2.13 bits per heavy atom. The summed E-state index contributed by atoms with van der Waals surface area (Å²) in [6.07, 6.45) is 0. The Hall–Kier alpha value is -0.990. The fraction of sp³-hybridized carbons (Fsp3) is 0.600. The SMILES string of the molecule is CN(C)CCNCc1cc2c(N3CCOCC3)nc(Cl)nc2s1. The summed E-state index contributed by atoms with van der Waals surface area (Å²) in [4.78, 5) is 15.5. The molecule has 1 N–H and O–H groups in total. The van der Waals surface area contributed by atoms with Crippen LogP contribution in [0.2, 0.25) is 5.28 Å². The van der Waals surface area contributed by atoms with Crippen molar-refractivity contribution in [2.75, 3.05) is 58.4 Å². The normalized spacial score (nSPS) is 15.7. The molecule has 2 aromatic rings. The topological polar surface area (TPSA) is 53.5 Å². The van der Waals surface area contributed by atoms with Gasteiger partial charge in [-0.15, -0.1) is 11.3 Å². The number of likely N-dealkylation sites (N-methyl/N-ethyl adjacent to an activating group) is 1. The molecule has 2 aromatic heterocycles. The number of halogens is 1. The standard InChI is InChI=1S/C15H22ClN5OS/c1-20(2)4-3-17-10-11-9-12-13(21-5-7-22-8-6-21)18-15(16)19-14(12)23-11/h9,17H,3-8,10H2,1-2H3. The first kappa shape index (κ1) is 16.9. The minimum absolute atomic E-state index is 0.313. The highest BCUT2D eigenvalue weighted by Crippen LogP contribution is 2.32. The van der Waals surface area contributed by atoms with E-state index in [1.807, 2.05) is 0 Å². The molecule has 126 valence electrons. The highest BCUT2D eigenvalue weighted by molar-refractivity contribution is 7.18. The van der Waals surface area contributed by atoms with Crippen LogP contribution in [0.15, 0.2) is 6.07 Å². The van der Waals surface area contributed by atoms with Crippen LogP contribution in [0.1, 0.15) is 4.88 Å². The van der Waals surface area contributed by atoms with Crippen molar-refractivity contribution >= 4 is 39.0 Å². The van der Waals surface area contributed by atoms with E-state index in [1.54, 1.807) is 11.3 Å². The van der Waals surface area contributed by atoms with E-state index in [4.69, 9.17) is 16.3 Å². The van der Waals surface area contributed by atoms with Gasteiger partial charge in [0.1, 0.15) is 10.6 Å². The number of nitrogens with one attached hydrogen (secondary N) is 1. The molecule has 6 nitrogen and oxygen atoms in total. The van der Waals surface area contributed by atoms with Gasteiger partial charge < -0.3 is 19.9 Å². The van der Waals surface area contributed by atoms with Gasteiger partial charge in [0.05, 0.1) is 18.6 Å². The van der Waals surface area contributed by atoms with Gasteiger partial charge in [-0.2, -0.15) is 4.98 Å². The summed E-state index contributed by atoms with van der Waals surface area (Å²) in [5, 5.41) is 4.86. The van der Waals surface area contributed by atoms with E-state index in [-0.39, 0.29) is 0 Å². The zero-order valence-corrected chi connectivity index (χ0v) is 15.1. The predicted molar refractivity (Wildman–Crippen MR) is 95.7 cm³/mol. The number of hydrogen-bond donors (Lipinski definition) is 1. The van der Waals surface area contributed by atoms with Crippen molar-refractivity contribution < 1.29 is 4.74 Å². The molecule has 1 aliphatic rings. The van der Waals surface area contributed by atoms with Crippen LogP contribution in [-0.2, 0) is 11.3 Å². The summed E-state index contributed by atoms with van der Waals surface area (Å²) in [6, 6.07) is 2.18. The minimum Gasteiger partial charge on any atom is -0.378 e. The first-order chi connectivity index (χ1) is 11.1. The number of nitrogens with zero attached hydrogens (tertiary/aromatic N) is 4. The van der Waals surface area contributed by atoms with Gasteiger partial charge in [0.2, 0.25) is 5.28 Å². The molecule has 1 fully saturated rings. The highest BCUT2D eigenvalue weighted by atomic mass is 35.5. The molecule has 3 heterocycles. The summed E-state index contributed by atoms with van der Waals surface area (Å²) in [6.45, 7) is 5.97. The molecule has 0 unspecified atom stereocenters. The Kier molecular flexibility index (Phi) is 5.66. The molecule has 3 rings (SSSR count). The van der Waals surface area contributed by atoms with Crippen molar-refractivity contribution in [3.8, 4) is 0 Å². The van der Waals surface area contributed by atoms with Gasteiger partial charge in [-0.3, -0.25) is 0 Å². The number of morpholine rings is 1. The largest absolute Gasteiger partial charge is 0.378 e. The number of fused-ring (bicyclic) bond motifs is 1. The van der Waals surface area contributed by atoms with Crippen molar-refractivity contribution in [3.63, 3.8) is 0 Å². The number of anilines is 1. The van der Waals surface area contributed by atoms with Crippen molar-refractivity contribution in [1.29, 1.82) is 0 Å². The predicted octanol–water partition coefficient (Wildman–Crippen LogP) is 1.83. The fourth-order valence-corrected chi connectivity index (χ4v) is 3.75. The second kappa shape index (κ2) is 7.72. The van der Waals surface area contributed by atoms with E-state index in [9.17, 15) is 0 Å². The van der Waals surface area contributed by atoms with Crippen molar-refractivity contribution in [1.82, 2.24) is 20.2 Å². The van der Waals surface area contributed by atoms with E-state index >= 15 is 0 Å². The van der Waals surface area contributed by atoms with Crippen LogP contribution < -0.4 is 10.2 Å². The highest BCUT2D eigenvalue weighted by Gasteiger charge is 2.18. The maximum atomic E-state index is 6.12. The first-order valence-corrected chi connectivity index (χ1v) is 8.97. The number of ether oxygens (including phenoxy) is 1. The Balaban J connectivity index is 1.78. The number of rotatable bonds is 6. The molecule has 0 spiro atoms. The van der Waals surface area contributed by atoms with Gasteiger partial charge in [-0.25, -0.2) is 4.98 Å². The van der Waals surface area contributed by atoms with Crippen LogP contribution in [0.5, 0.6) is 0 Å². The fourth-order valence-electron chi connectivity index (χ4n) is 2.55. The first-order valence-electron chi connectivity index (χ1n) is 7.77. The quantitative estimate of drug-likeness (QED) is 0.630. The molecule has 0 amide bonds. The molecule has 23 heavy (non-hydrogen) atoms. The van der Waals surface area contributed by atoms with E-state index in [0.29, 0.717) is 5.28 Å². The van der Waals surface area contributed by atoms with Crippen molar-refractivity contribution in [2.45, 2.75) is 6.54 Å². The van der Waals surface area contributed by atoms with E-state index in [0.717, 1.165) is 62.0 Å². The van der Waals surface area contributed by atoms with Crippen molar-refractivity contribution in [3.05, 3.63) is 16.2 Å². The van der Waals surface area contributed by atoms with Crippen molar-refractivity contribution in [2.24, 2.45) is 0 Å². The van der Waals surface area contributed by atoms with Gasteiger partial charge in [0, 0.05) is 37.6 Å². The molecular weight excluding hydrogens is 334 g/mol. The number of aromatic nitrogens is 2. The lowest BCUT2D eigenvalue weighted by Crippen LogP contribution is -2.36. The van der Waals surface area contributed by atoms with E-state index in [2.05, 4.69) is 45.2 Å². The maximum Gasteiger partial charge on any atom is 0.225 e. The minimum atomic E-state index is 0.313. The lowest BCUT2D eigenvalue weighted by molar-refractivity contribution is 0.122. The van der Waals surface area contributed by atoms with Crippen LogP contribution in [0.25, 0.3) is 10.2 Å². The lowest BCUT2D eigenvalue weighted by Gasteiger charge is -2.28. The van der Waals surface area contributed by atoms with Crippen LogP contribution in [0, 0.1) is 0 Å². The third-order valence-electron chi connectivity index (χ3n) is 3.74. The monoisotopic (exact) mass is 355 g/mol. The molecule has 0 aliphatic carbocycles. The Labute approximate surface area is 145 Å². The molecule has 1 aliphatic heterocycles. The van der Waals surface area contributed by atoms with E-state index in [1.165, 1.54) is 4.88 Å². The van der Waals surface area contributed by atoms with Gasteiger partial charge in [0.25, 0.3) is 0 Å². The van der Waals surface area contributed by atoms with Crippen LogP contribution in [0.3, 0.4) is 0 Å². The third-order valence-corrected chi connectivity index (χ3v) is 4.94. The van der Waals surface area contributed by atoms with Gasteiger partial charge in [0.15, 0.2) is 0 Å². The Morgan fingerprint density at radius 3 is 2.87 bits per heavy atom. The van der Waals surface area contributed by atoms with Gasteiger partial charge >= 0.3 is 0 Å². The van der Waals surface area contributed by atoms with Gasteiger partial charge in [-0.1, -0.05) is 0 Å². The molecule has 0 saturated carbocycles. The molecule has 1 saturated heterocycles. The zero-order valence-electron chi connectivity index (χ0n) is 13.5. The van der Waals surface area contributed by atoms with Gasteiger partial charge in [-0.05, 0) is 31.8 Å². The summed E-state index contributed by atoms with van der Waals surface area (Å²) in [5.41, 5.74) is 0. The molecule has 8 heteroatoms. The van der Waals surface area contributed by atoms with Crippen LogP contribution in [0.4, 0.5) is 5.82 Å². The van der Waals surface area contributed by atoms with Crippen LogP contribution in [-0.4, -0.2) is 68.4 Å². The molecule has 0 bridgehead atoms. The summed E-state index contributed by atoms with van der Waals surface area (Å²) in [5.74, 6) is 0.930.